The van der Waals surface area contributed by atoms with Crippen LogP contribution < -0.4 is 16.4 Å². The van der Waals surface area contributed by atoms with Crippen LogP contribution in [-0.2, 0) is 9.59 Å². The van der Waals surface area contributed by atoms with Crippen LogP contribution in [0, 0.1) is 6.92 Å². The molecule has 1 fully saturated rings. The molecular weight excluding hydrogens is 492 g/mol. The lowest BCUT2D eigenvalue weighted by Crippen LogP contribution is -2.49. The minimum atomic E-state index is -0.320. The van der Waals surface area contributed by atoms with E-state index in [4.69, 9.17) is 5.73 Å². The minimum Gasteiger partial charge on any atom is -0.351 e. The first-order valence-corrected chi connectivity index (χ1v) is 14.2. The molecule has 2 atom stereocenters. The number of amides is 2. The van der Waals surface area contributed by atoms with Crippen LogP contribution in [0.2, 0.25) is 0 Å². The van der Waals surface area contributed by atoms with Gasteiger partial charge in [0.1, 0.15) is 0 Å². The molecule has 2 heterocycles. The Hall–Kier alpha value is -3.26. The first kappa shape index (κ1) is 27.8. The van der Waals surface area contributed by atoms with Gasteiger partial charge in [-0.1, -0.05) is 60.7 Å². The fourth-order valence-electron chi connectivity index (χ4n) is 4.93. The maximum absolute atomic E-state index is 13.7. The number of nitrogens with two attached hydrogens (primary N) is 1. The van der Waals surface area contributed by atoms with Gasteiger partial charge in [0.05, 0.1) is 6.04 Å². The monoisotopic (exact) mass is 530 g/mol. The van der Waals surface area contributed by atoms with Crippen molar-refractivity contribution in [2.24, 2.45) is 5.73 Å². The third-order valence-electron chi connectivity index (χ3n) is 6.98. The second-order valence-corrected chi connectivity index (χ2v) is 11.1. The summed E-state index contributed by atoms with van der Waals surface area (Å²) in [5, 5.41) is 6.55. The molecule has 6 nitrogen and oxygen atoms in total. The van der Waals surface area contributed by atoms with Crippen molar-refractivity contribution in [3.63, 3.8) is 0 Å². The van der Waals surface area contributed by atoms with Crippen molar-refractivity contribution >= 4 is 29.2 Å². The molecule has 0 radical (unpaired) electrons. The number of nitrogens with one attached hydrogen (secondary N) is 2. The Morgan fingerprint density at radius 2 is 1.79 bits per heavy atom. The van der Waals surface area contributed by atoms with Crippen LogP contribution >= 0.6 is 11.3 Å². The molecule has 0 saturated carbocycles. The Kier molecular flexibility index (Phi) is 10.3. The lowest BCUT2D eigenvalue weighted by molar-refractivity contribution is -0.133. The largest absolute Gasteiger partial charge is 0.351 e. The van der Waals surface area contributed by atoms with Crippen LogP contribution in [0.25, 0.3) is 6.08 Å². The van der Waals surface area contributed by atoms with Crippen molar-refractivity contribution in [2.75, 3.05) is 26.2 Å². The van der Waals surface area contributed by atoms with Gasteiger partial charge in [0.2, 0.25) is 11.8 Å². The second-order valence-electron chi connectivity index (χ2n) is 9.82. The Labute approximate surface area is 229 Å². The van der Waals surface area contributed by atoms with Gasteiger partial charge in [-0.3, -0.25) is 9.59 Å². The van der Waals surface area contributed by atoms with Crippen molar-refractivity contribution in [3.05, 3.63) is 99.8 Å². The minimum absolute atomic E-state index is 0.0000396. The maximum Gasteiger partial charge on any atom is 0.244 e. The normalized spacial score (nSPS) is 18.2. The number of rotatable bonds is 11. The van der Waals surface area contributed by atoms with E-state index in [1.165, 1.54) is 16.0 Å². The van der Waals surface area contributed by atoms with Gasteiger partial charge in [0, 0.05) is 47.4 Å². The molecule has 2 aromatic carbocycles. The number of hydrogen-bond donors (Lipinski definition) is 3. The van der Waals surface area contributed by atoms with Crippen LogP contribution in [0.5, 0.6) is 0 Å². The topological polar surface area (TPSA) is 87.5 Å². The van der Waals surface area contributed by atoms with Crippen molar-refractivity contribution in [1.29, 1.82) is 0 Å². The smallest absolute Gasteiger partial charge is 0.244 e. The van der Waals surface area contributed by atoms with Gasteiger partial charge in [-0.25, -0.2) is 0 Å². The molecule has 3 aromatic rings. The first-order valence-electron chi connectivity index (χ1n) is 13.4. The van der Waals surface area contributed by atoms with Crippen LogP contribution in [0.4, 0.5) is 0 Å². The van der Waals surface area contributed by atoms with E-state index in [1.807, 2.05) is 66.4 Å². The van der Waals surface area contributed by atoms with E-state index in [0.29, 0.717) is 32.6 Å². The molecule has 0 aliphatic carbocycles. The van der Waals surface area contributed by atoms with E-state index in [2.05, 4.69) is 34.9 Å². The van der Waals surface area contributed by atoms with Gasteiger partial charge < -0.3 is 21.3 Å². The third kappa shape index (κ3) is 7.87. The van der Waals surface area contributed by atoms with E-state index < -0.39 is 0 Å². The summed E-state index contributed by atoms with van der Waals surface area (Å²) in [7, 11) is 0. The van der Waals surface area contributed by atoms with Gasteiger partial charge in [-0.05, 0) is 62.1 Å². The SMILES string of the molecule is Cc1ccc(/C=C/C(=O)NC[C@@H]2CCN(CC(c3ccccc3)c3ccccc3)C(=O)[C@H](CCCN)N2)s1. The van der Waals surface area contributed by atoms with Crippen LogP contribution in [0.15, 0.2) is 78.9 Å². The molecule has 2 amide bonds. The van der Waals surface area contributed by atoms with E-state index in [-0.39, 0.29) is 29.8 Å². The first-order chi connectivity index (χ1) is 18.5. The predicted molar refractivity (Wildman–Crippen MR) is 156 cm³/mol. The number of aryl methyl sites for hydroxylation is 1. The number of hydrogen-bond acceptors (Lipinski definition) is 5. The van der Waals surface area contributed by atoms with Crippen molar-refractivity contribution in [1.82, 2.24) is 15.5 Å². The highest BCUT2D eigenvalue weighted by molar-refractivity contribution is 7.12. The van der Waals surface area contributed by atoms with E-state index in [0.717, 1.165) is 17.7 Å². The molecule has 7 heteroatoms. The molecule has 1 aliphatic heterocycles. The van der Waals surface area contributed by atoms with Crippen molar-refractivity contribution in [3.8, 4) is 0 Å². The highest BCUT2D eigenvalue weighted by Crippen LogP contribution is 2.27. The molecule has 1 aliphatic rings. The number of nitrogens with zero attached hydrogens (tertiary/aromatic N) is 1. The summed E-state index contributed by atoms with van der Waals surface area (Å²) in [6, 6.07) is 24.5. The van der Waals surface area contributed by atoms with Crippen LogP contribution in [0.1, 0.15) is 46.1 Å². The molecule has 1 saturated heterocycles. The standard InChI is InChI=1S/C31H38N4O2S/c1-23-14-15-27(38-23)16-17-30(36)33-21-26-18-20-35(31(37)29(34-26)13-8-19-32)22-28(24-9-4-2-5-10-24)25-11-6-3-7-12-25/h2-7,9-12,14-17,26,28-29,34H,8,13,18-22,32H2,1H3,(H,33,36)/b17-16+/t26-,29-/m0/s1. The highest BCUT2D eigenvalue weighted by Gasteiger charge is 2.32. The number of thiophene rings is 1. The third-order valence-corrected chi connectivity index (χ3v) is 7.95. The average molecular weight is 531 g/mol. The molecule has 0 bridgehead atoms. The summed E-state index contributed by atoms with van der Waals surface area (Å²) < 4.78 is 0. The van der Waals surface area contributed by atoms with E-state index >= 15 is 0 Å². The van der Waals surface area contributed by atoms with Gasteiger partial charge in [0.25, 0.3) is 0 Å². The van der Waals surface area contributed by atoms with Gasteiger partial charge >= 0.3 is 0 Å². The summed E-state index contributed by atoms with van der Waals surface area (Å²) in [4.78, 5) is 30.5. The fraction of sp³-hybridized carbons (Fsp3) is 0.355. The zero-order valence-corrected chi connectivity index (χ0v) is 22.8. The molecule has 200 valence electrons. The Morgan fingerprint density at radius 3 is 2.39 bits per heavy atom. The summed E-state index contributed by atoms with van der Waals surface area (Å²) >= 11 is 1.66. The number of benzene rings is 2. The Bertz CT molecular complexity index is 1160. The summed E-state index contributed by atoms with van der Waals surface area (Å²) in [5.41, 5.74) is 8.18. The quantitative estimate of drug-likeness (QED) is 0.322. The van der Waals surface area contributed by atoms with Crippen molar-refractivity contribution < 1.29 is 9.59 Å². The molecule has 4 N–H and O–H groups in total. The van der Waals surface area contributed by atoms with Gasteiger partial charge in [-0.15, -0.1) is 11.3 Å². The zero-order valence-electron chi connectivity index (χ0n) is 22.0. The highest BCUT2D eigenvalue weighted by atomic mass is 32.1. The molecular formula is C31H38N4O2S. The summed E-state index contributed by atoms with van der Waals surface area (Å²) in [6.07, 6.45) is 5.62. The summed E-state index contributed by atoms with van der Waals surface area (Å²) in [5.74, 6) is 0.0629. The maximum atomic E-state index is 13.7. The van der Waals surface area contributed by atoms with E-state index in [9.17, 15) is 9.59 Å². The summed E-state index contributed by atoms with van der Waals surface area (Å²) in [6.45, 7) is 4.29. The van der Waals surface area contributed by atoms with Crippen molar-refractivity contribution in [2.45, 2.75) is 44.2 Å². The Balaban J connectivity index is 1.44. The van der Waals surface area contributed by atoms with E-state index in [1.54, 1.807) is 17.4 Å². The molecule has 1 aromatic heterocycles. The van der Waals surface area contributed by atoms with Gasteiger partial charge in [-0.2, -0.15) is 0 Å². The van der Waals surface area contributed by atoms with Crippen LogP contribution in [-0.4, -0.2) is 55.0 Å². The average Bonchev–Trinajstić information content (AvgIpc) is 3.31. The second kappa shape index (κ2) is 14.0. The van der Waals surface area contributed by atoms with Gasteiger partial charge in [0.15, 0.2) is 0 Å². The predicted octanol–water partition coefficient (Wildman–Crippen LogP) is 4.32. The lowest BCUT2D eigenvalue weighted by Gasteiger charge is -2.29. The molecule has 0 spiro atoms. The molecule has 38 heavy (non-hydrogen) atoms. The molecule has 4 rings (SSSR count). The van der Waals surface area contributed by atoms with Crippen LogP contribution in [0.3, 0.4) is 0 Å². The Morgan fingerprint density at radius 1 is 1.11 bits per heavy atom. The number of carbonyl (C=O) groups is 2. The zero-order chi connectivity index (χ0) is 26.7. The number of carbonyl (C=O) groups excluding carboxylic acids is 2. The molecule has 0 unspecified atom stereocenters. The fourth-order valence-corrected chi connectivity index (χ4v) is 5.71. The lowest BCUT2D eigenvalue weighted by atomic mass is 9.90.